The summed E-state index contributed by atoms with van der Waals surface area (Å²) in [6.45, 7) is 2.57. The van der Waals surface area contributed by atoms with Gasteiger partial charge in [0.2, 0.25) is 5.91 Å². The van der Waals surface area contributed by atoms with E-state index in [1.54, 1.807) is 17.0 Å². The lowest BCUT2D eigenvalue weighted by molar-refractivity contribution is -0.127. The van der Waals surface area contributed by atoms with Gasteiger partial charge in [0.15, 0.2) is 5.76 Å². The Morgan fingerprint density at radius 2 is 2.04 bits per heavy atom. The Hall–Kier alpha value is -2.08. The highest BCUT2D eigenvalue weighted by Gasteiger charge is 2.34. The minimum Gasteiger partial charge on any atom is -0.459 e. The molecule has 0 bridgehead atoms. The van der Waals surface area contributed by atoms with Crippen LogP contribution in [0.4, 0.5) is 0 Å². The van der Waals surface area contributed by atoms with Crippen molar-refractivity contribution in [3.05, 3.63) is 58.5 Å². The molecule has 2 heterocycles. The minimum atomic E-state index is -0.436. The Bertz CT molecular complexity index is 743. The van der Waals surface area contributed by atoms with E-state index >= 15 is 0 Å². The molecule has 2 amide bonds. The fourth-order valence-corrected chi connectivity index (χ4v) is 3.62. The van der Waals surface area contributed by atoms with Crippen molar-refractivity contribution >= 4 is 27.7 Å². The van der Waals surface area contributed by atoms with Gasteiger partial charge in [-0.05, 0) is 62.4 Å². The molecule has 26 heavy (non-hydrogen) atoms. The third-order valence-electron chi connectivity index (χ3n) is 4.64. The second-order valence-electron chi connectivity index (χ2n) is 6.73. The number of carbonyl (C=O) groups excluding carboxylic acids is 2. The molecule has 1 aliphatic heterocycles. The van der Waals surface area contributed by atoms with E-state index in [1.165, 1.54) is 6.26 Å². The molecule has 0 saturated carbocycles. The molecule has 2 unspecified atom stereocenters. The Morgan fingerprint density at radius 3 is 2.73 bits per heavy atom. The predicted molar refractivity (Wildman–Crippen MR) is 103 cm³/mol. The maximum absolute atomic E-state index is 12.8. The van der Waals surface area contributed by atoms with Crippen LogP contribution in [-0.4, -0.2) is 35.3 Å². The van der Waals surface area contributed by atoms with Crippen molar-refractivity contribution in [2.24, 2.45) is 0 Å². The van der Waals surface area contributed by atoms with Gasteiger partial charge in [0, 0.05) is 17.1 Å². The molecule has 1 saturated heterocycles. The normalized spacial score (nSPS) is 18.4. The first-order chi connectivity index (χ1) is 12.5. The second-order valence-corrected chi connectivity index (χ2v) is 7.64. The highest BCUT2D eigenvalue weighted by molar-refractivity contribution is 9.10. The van der Waals surface area contributed by atoms with Gasteiger partial charge in [0.25, 0.3) is 5.91 Å². The van der Waals surface area contributed by atoms with Crippen LogP contribution in [0.5, 0.6) is 0 Å². The van der Waals surface area contributed by atoms with Gasteiger partial charge in [-0.2, -0.15) is 0 Å². The van der Waals surface area contributed by atoms with Crippen molar-refractivity contribution in [1.29, 1.82) is 0 Å². The Labute approximate surface area is 161 Å². The average Bonchev–Trinajstić information content (AvgIpc) is 3.17. The number of furan rings is 1. The number of hydrogen-bond acceptors (Lipinski definition) is 3. The summed E-state index contributed by atoms with van der Waals surface area (Å²) in [7, 11) is 0. The summed E-state index contributed by atoms with van der Waals surface area (Å²) in [5.74, 6) is -0.0164. The van der Waals surface area contributed by atoms with Crippen molar-refractivity contribution in [2.45, 2.75) is 44.7 Å². The molecular formula is C20H23BrN2O3. The Balaban J connectivity index is 1.62. The number of likely N-dealkylation sites (tertiary alicyclic amines) is 1. The Kier molecular flexibility index (Phi) is 6.14. The minimum absolute atomic E-state index is 0.00818. The molecule has 5 nitrogen and oxygen atoms in total. The van der Waals surface area contributed by atoms with Gasteiger partial charge in [0.05, 0.1) is 6.26 Å². The summed E-state index contributed by atoms with van der Waals surface area (Å²) in [6.07, 6.45) is 4.76. The number of hydrogen-bond donors (Lipinski definition) is 1. The lowest BCUT2D eigenvalue weighted by Gasteiger charge is -2.34. The smallest absolute Gasteiger partial charge is 0.290 e. The summed E-state index contributed by atoms with van der Waals surface area (Å²) in [6, 6.07) is 11.0. The van der Waals surface area contributed by atoms with Gasteiger partial charge in [-0.25, -0.2) is 0 Å². The van der Waals surface area contributed by atoms with Crippen LogP contribution in [0.15, 0.2) is 51.6 Å². The van der Waals surface area contributed by atoms with E-state index < -0.39 is 6.04 Å². The van der Waals surface area contributed by atoms with E-state index in [0.29, 0.717) is 13.0 Å². The maximum Gasteiger partial charge on any atom is 0.290 e. The summed E-state index contributed by atoms with van der Waals surface area (Å²) in [5, 5.41) is 3.07. The first kappa shape index (κ1) is 18.7. The van der Waals surface area contributed by atoms with Gasteiger partial charge in [-0.15, -0.1) is 0 Å². The van der Waals surface area contributed by atoms with E-state index in [1.807, 2.05) is 31.2 Å². The molecular weight excluding hydrogens is 396 g/mol. The monoisotopic (exact) mass is 418 g/mol. The highest BCUT2D eigenvalue weighted by Crippen LogP contribution is 2.20. The molecule has 2 atom stereocenters. The molecule has 3 rings (SSSR count). The van der Waals surface area contributed by atoms with Crippen LogP contribution in [0.2, 0.25) is 0 Å². The van der Waals surface area contributed by atoms with Crippen LogP contribution in [0.3, 0.4) is 0 Å². The third-order valence-corrected chi connectivity index (χ3v) is 5.17. The predicted octanol–water partition coefficient (Wildman–Crippen LogP) is 3.78. The topological polar surface area (TPSA) is 62.6 Å². The van der Waals surface area contributed by atoms with E-state index in [0.717, 1.165) is 29.3 Å². The quantitative estimate of drug-likeness (QED) is 0.803. The van der Waals surface area contributed by atoms with Gasteiger partial charge in [-0.1, -0.05) is 28.1 Å². The lowest BCUT2D eigenvalue weighted by atomic mass is 10.00. The van der Waals surface area contributed by atoms with Crippen molar-refractivity contribution in [1.82, 2.24) is 10.2 Å². The zero-order chi connectivity index (χ0) is 18.5. The molecule has 2 aromatic rings. The summed E-state index contributed by atoms with van der Waals surface area (Å²) in [4.78, 5) is 27.1. The van der Waals surface area contributed by atoms with Crippen LogP contribution in [0, 0.1) is 0 Å². The second kappa shape index (κ2) is 8.54. The van der Waals surface area contributed by atoms with Crippen molar-refractivity contribution < 1.29 is 14.0 Å². The summed E-state index contributed by atoms with van der Waals surface area (Å²) >= 11 is 3.43. The van der Waals surface area contributed by atoms with Gasteiger partial charge < -0.3 is 14.6 Å². The number of nitrogens with zero attached hydrogens (tertiary/aromatic N) is 1. The molecule has 1 N–H and O–H groups in total. The molecule has 0 aliphatic carbocycles. The van der Waals surface area contributed by atoms with Crippen LogP contribution in [-0.2, 0) is 11.2 Å². The first-order valence-corrected chi connectivity index (χ1v) is 9.73. The fraction of sp³-hybridized carbons (Fsp3) is 0.400. The summed E-state index contributed by atoms with van der Waals surface area (Å²) in [5.41, 5.74) is 1.16. The lowest BCUT2D eigenvalue weighted by Crippen LogP contribution is -2.53. The van der Waals surface area contributed by atoms with E-state index in [2.05, 4.69) is 21.2 Å². The molecule has 0 spiro atoms. The first-order valence-electron chi connectivity index (χ1n) is 8.94. The zero-order valence-electron chi connectivity index (χ0n) is 14.8. The number of benzene rings is 1. The number of amides is 2. The SMILES string of the molecule is CC(Cc1ccc(Br)cc1)NC(=O)C1CCCCN1C(=O)c1ccco1. The number of carbonyl (C=O) groups is 2. The third kappa shape index (κ3) is 4.55. The molecule has 6 heteroatoms. The maximum atomic E-state index is 12.8. The van der Waals surface area contributed by atoms with E-state index in [9.17, 15) is 9.59 Å². The van der Waals surface area contributed by atoms with Gasteiger partial charge in [0.1, 0.15) is 6.04 Å². The molecule has 1 aromatic carbocycles. The van der Waals surface area contributed by atoms with Crippen molar-refractivity contribution in [2.75, 3.05) is 6.54 Å². The van der Waals surface area contributed by atoms with Crippen LogP contribution in [0.1, 0.15) is 42.3 Å². The van der Waals surface area contributed by atoms with Crippen LogP contribution < -0.4 is 5.32 Å². The number of nitrogens with one attached hydrogen (secondary N) is 1. The van der Waals surface area contributed by atoms with Crippen molar-refractivity contribution in [3.63, 3.8) is 0 Å². The molecule has 0 radical (unpaired) electrons. The molecule has 1 aromatic heterocycles. The van der Waals surface area contributed by atoms with Crippen molar-refractivity contribution in [3.8, 4) is 0 Å². The fourth-order valence-electron chi connectivity index (χ4n) is 3.35. The average molecular weight is 419 g/mol. The van der Waals surface area contributed by atoms with Gasteiger partial charge >= 0.3 is 0 Å². The van der Waals surface area contributed by atoms with E-state index in [-0.39, 0.29) is 23.6 Å². The van der Waals surface area contributed by atoms with E-state index in [4.69, 9.17) is 4.42 Å². The highest BCUT2D eigenvalue weighted by atomic mass is 79.9. The largest absolute Gasteiger partial charge is 0.459 e. The van der Waals surface area contributed by atoms with Crippen LogP contribution >= 0.6 is 15.9 Å². The molecule has 138 valence electrons. The number of piperidine rings is 1. The van der Waals surface area contributed by atoms with Crippen LogP contribution in [0.25, 0.3) is 0 Å². The standard InChI is InChI=1S/C20H23BrN2O3/c1-14(13-15-7-9-16(21)10-8-15)22-19(24)17-5-2-3-11-23(17)20(25)18-6-4-12-26-18/h4,6-10,12,14,17H,2-3,5,11,13H2,1H3,(H,22,24). The number of halogens is 1. The Morgan fingerprint density at radius 1 is 1.27 bits per heavy atom. The zero-order valence-corrected chi connectivity index (χ0v) is 16.4. The molecule has 1 aliphatic rings. The summed E-state index contributed by atoms with van der Waals surface area (Å²) < 4.78 is 6.25. The van der Waals surface area contributed by atoms with Gasteiger partial charge in [-0.3, -0.25) is 9.59 Å². The number of rotatable bonds is 5. The molecule has 1 fully saturated rings.